The van der Waals surface area contributed by atoms with Crippen molar-refractivity contribution in [1.82, 2.24) is 5.32 Å². The Kier molecular flexibility index (Phi) is 4.90. The monoisotopic (exact) mass is 331 g/mol. The second kappa shape index (κ2) is 6.93. The first-order valence-corrected chi connectivity index (χ1v) is 8.58. The second-order valence-corrected chi connectivity index (χ2v) is 7.14. The number of esters is 1. The third-order valence-corrected chi connectivity index (χ3v) is 5.17. The number of hydrogen-bond acceptors (Lipinski definition) is 4. The second-order valence-electron chi connectivity index (χ2n) is 7.14. The predicted octanol–water partition coefficient (Wildman–Crippen LogP) is 2.34. The fourth-order valence-electron chi connectivity index (χ4n) is 3.58. The van der Waals surface area contributed by atoms with Crippen molar-refractivity contribution in [3.05, 3.63) is 35.4 Å². The van der Waals surface area contributed by atoms with Gasteiger partial charge in [0.15, 0.2) is 0 Å². The SMILES string of the molecule is COC(=O)c1ccccc1CC(=O)NCC1(C)CCOC1C1CC1. The Hall–Kier alpha value is -1.88. The largest absolute Gasteiger partial charge is 0.465 e. The Morgan fingerprint density at radius 1 is 1.33 bits per heavy atom. The van der Waals surface area contributed by atoms with Crippen LogP contribution in [0.3, 0.4) is 0 Å². The van der Waals surface area contributed by atoms with E-state index in [-0.39, 0.29) is 23.8 Å². The molecule has 3 rings (SSSR count). The summed E-state index contributed by atoms with van der Waals surface area (Å²) in [5, 5.41) is 3.04. The highest BCUT2D eigenvalue weighted by Gasteiger charge is 2.48. The Morgan fingerprint density at radius 3 is 2.79 bits per heavy atom. The van der Waals surface area contributed by atoms with Crippen LogP contribution >= 0.6 is 0 Å². The minimum Gasteiger partial charge on any atom is -0.465 e. The molecular formula is C19H25NO4. The average Bonchev–Trinajstić information content (AvgIpc) is 3.35. The zero-order valence-corrected chi connectivity index (χ0v) is 14.3. The van der Waals surface area contributed by atoms with Crippen LogP contribution in [-0.4, -0.2) is 38.2 Å². The maximum absolute atomic E-state index is 12.4. The van der Waals surface area contributed by atoms with Gasteiger partial charge < -0.3 is 14.8 Å². The van der Waals surface area contributed by atoms with Crippen molar-refractivity contribution in [2.75, 3.05) is 20.3 Å². The molecule has 0 aromatic heterocycles. The molecule has 1 aliphatic carbocycles. The number of methoxy groups -OCH3 is 1. The molecule has 1 saturated carbocycles. The molecule has 1 aliphatic heterocycles. The van der Waals surface area contributed by atoms with Crippen molar-refractivity contribution in [2.24, 2.45) is 11.3 Å². The van der Waals surface area contributed by atoms with E-state index >= 15 is 0 Å². The maximum Gasteiger partial charge on any atom is 0.338 e. The van der Waals surface area contributed by atoms with Crippen LogP contribution < -0.4 is 5.32 Å². The van der Waals surface area contributed by atoms with Crippen LogP contribution in [0.25, 0.3) is 0 Å². The highest BCUT2D eigenvalue weighted by atomic mass is 16.5. The van der Waals surface area contributed by atoms with Crippen LogP contribution in [0, 0.1) is 11.3 Å². The summed E-state index contributed by atoms with van der Waals surface area (Å²) in [5.41, 5.74) is 1.15. The number of amides is 1. The lowest BCUT2D eigenvalue weighted by molar-refractivity contribution is -0.121. The van der Waals surface area contributed by atoms with E-state index in [1.165, 1.54) is 20.0 Å². The molecule has 1 aromatic carbocycles. The molecule has 2 aliphatic rings. The van der Waals surface area contributed by atoms with Crippen molar-refractivity contribution < 1.29 is 19.1 Å². The maximum atomic E-state index is 12.4. The van der Waals surface area contributed by atoms with Gasteiger partial charge in [-0.2, -0.15) is 0 Å². The highest BCUT2D eigenvalue weighted by molar-refractivity contribution is 5.93. The lowest BCUT2D eigenvalue weighted by atomic mass is 9.81. The van der Waals surface area contributed by atoms with Crippen LogP contribution in [-0.2, 0) is 20.7 Å². The zero-order chi connectivity index (χ0) is 17.2. The normalized spacial score (nSPS) is 26.2. The minimum atomic E-state index is -0.414. The van der Waals surface area contributed by atoms with Crippen molar-refractivity contribution in [3.8, 4) is 0 Å². The third-order valence-electron chi connectivity index (χ3n) is 5.17. The molecule has 0 bridgehead atoms. The molecule has 2 atom stereocenters. The molecule has 2 unspecified atom stereocenters. The summed E-state index contributed by atoms with van der Waals surface area (Å²) in [5.74, 6) is 0.173. The highest BCUT2D eigenvalue weighted by Crippen LogP contribution is 2.47. The summed E-state index contributed by atoms with van der Waals surface area (Å²) in [4.78, 5) is 24.2. The van der Waals surface area contributed by atoms with E-state index in [1.807, 2.05) is 6.07 Å². The Balaban J connectivity index is 1.59. The van der Waals surface area contributed by atoms with Gasteiger partial charge in [0.2, 0.25) is 5.91 Å². The van der Waals surface area contributed by atoms with Gasteiger partial charge in [0.25, 0.3) is 0 Å². The average molecular weight is 331 g/mol. The molecular weight excluding hydrogens is 306 g/mol. The van der Waals surface area contributed by atoms with E-state index in [4.69, 9.17) is 9.47 Å². The van der Waals surface area contributed by atoms with E-state index in [2.05, 4.69) is 12.2 Å². The molecule has 1 N–H and O–H groups in total. The molecule has 0 radical (unpaired) electrons. The van der Waals surface area contributed by atoms with Gasteiger partial charge in [-0.1, -0.05) is 25.1 Å². The quantitative estimate of drug-likeness (QED) is 0.813. The lowest BCUT2D eigenvalue weighted by Gasteiger charge is -2.30. The van der Waals surface area contributed by atoms with Crippen LogP contribution in [0.1, 0.15) is 42.1 Å². The molecule has 1 amide bonds. The molecule has 2 fully saturated rings. The van der Waals surface area contributed by atoms with Crippen molar-refractivity contribution >= 4 is 11.9 Å². The van der Waals surface area contributed by atoms with Gasteiger partial charge in [-0.25, -0.2) is 4.79 Å². The third kappa shape index (κ3) is 3.61. The Labute approximate surface area is 142 Å². The van der Waals surface area contributed by atoms with Crippen LogP contribution in [0.15, 0.2) is 24.3 Å². The summed E-state index contributed by atoms with van der Waals surface area (Å²) in [6.07, 6.45) is 3.89. The molecule has 130 valence electrons. The van der Waals surface area contributed by atoms with Gasteiger partial charge in [-0.15, -0.1) is 0 Å². The van der Waals surface area contributed by atoms with Crippen molar-refractivity contribution in [1.29, 1.82) is 0 Å². The molecule has 1 saturated heterocycles. The van der Waals surface area contributed by atoms with Gasteiger partial charge in [0.05, 0.1) is 25.2 Å². The number of carbonyl (C=O) groups excluding carboxylic acids is 2. The summed E-state index contributed by atoms with van der Waals surface area (Å²) in [7, 11) is 1.35. The number of hydrogen-bond donors (Lipinski definition) is 1. The first kappa shape index (κ1) is 17.0. The van der Waals surface area contributed by atoms with Crippen molar-refractivity contribution in [3.63, 3.8) is 0 Å². The number of rotatable bonds is 6. The molecule has 1 heterocycles. The molecule has 0 spiro atoms. The summed E-state index contributed by atoms with van der Waals surface area (Å²) < 4.78 is 10.7. The molecule has 5 heteroatoms. The van der Waals surface area contributed by atoms with E-state index in [1.54, 1.807) is 18.2 Å². The summed E-state index contributed by atoms with van der Waals surface area (Å²) >= 11 is 0. The summed E-state index contributed by atoms with van der Waals surface area (Å²) in [6, 6.07) is 7.07. The van der Waals surface area contributed by atoms with E-state index in [0.717, 1.165) is 13.0 Å². The fourth-order valence-corrected chi connectivity index (χ4v) is 3.58. The minimum absolute atomic E-state index is 0.0126. The zero-order valence-electron chi connectivity index (χ0n) is 14.3. The van der Waals surface area contributed by atoms with Crippen LogP contribution in [0.4, 0.5) is 0 Å². The van der Waals surface area contributed by atoms with Gasteiger partial charge in [0.1, 0.15) is 0 Å². The molecule has 5 nitrogen and oxygen atoms in total. The Morgan fingerprint density at radius 2 is 2.08 bits per heavy atom. The smallest absolute Gasteiger partial charge is 0.338 e. The van der Waals surface area contributed by atoms with E-state index in [9.17, 15) is 9.59 Å². The van der Waals surface area contributed by atoms with E-state index < -0.39 is 5.97 Å². The van der Waals surface area contributed by atoms with Crippen LogP contribution in [0.2, 0.25) is 0 Å². The first-order chi connectivity index (χ1) is 11.5. The van der Waals surface area contributed by atoms with Gasteiger partial charge in [-0.05, 0) is 36.8 Å². The number of carbonyl (C=O) groups is 2. The predicted molar refractivity (Wildman–Crippen MR) is 89.7 cm³/mol. The number of benzene rings is 1. The summed E-state index contributed by atoms with van der Waals surface area (Å²) in [6.45, 7) is 3.60. The van der Waals surface area contributed by atoms with Gasteiger partial charge >= 0.3 is 5.97 Å². The van der Waals surface area contributed by atoms with Gasteiger partial charge in [0, 0.05) is 18.6 Å². The molecule has 1 aromatic rings. The topological polar surface area (TPSA) is 64.6 Å². The first-order valence-electron chi connectivity index (χ1n) is 8.58. The fraction of sp³-hybridized carbons (Fsp3) is 0.579. The lowest BCUT2D eigenvalue weighted by Crippen LogP contribution is -2.42. The molecule has 24 heavy (non-hydrogen) atoms. The van der Waals surface area contributed by atoms with Gasteiger partial charge in [-0.3, -0.25) is 4.79 Å². The number of nitrogens with one attached hydrogen (secondary N) is 1. The Bertz CT molecular complexity index is 626. The standard InChI is InChI=1S/C19H25NO4/c1-19(9-10-24-17(19)13-7-8-13)12-20-16(21)11-14-5-3-4-6-15(14)18(22)23-2/h3-6,13,17H,7-12H2,1-2H3,(H,20,21). The van der Waals surface area contributed by atoms with Crippen molar-refractivity contribution in [2.45, 2.75) is 38.7 Å². The van der Waals surface area contributed by atoms with Crippen LogP contribution in [0.5, 0.6) is 0 Å². The number of ether oxygens (including phenoxy) is 2. The van der Waals surface area contributed by atoms with E-state index in [0.29, 0.717) is 23.6 Å².